The van der Waals surface area contributed by atoms with Gasteiger partial charge < -0.3 is 30.2 Å². The molecule has 9 heteroatoms. The summed E-state index contributed by atoms with van der Waals surface area (Å²) in [6.45, 7) is 4.44. The quantitative estimate of drug-likeness (QED) is 0.383. The summed E-state index contributed by atoms with van der Waals surface area (Å²) in [5, 5.41) is 7.81. The highest BCUT2D eigenvalue weighted by Crippen LogP contribution is 2.06. The van der Waals surface area contributed by atoms with Gasteiger partial charge in [-0.1, -0.05) is 54.6 Å². The second-order valence-corrected chi connectivity index (χ2v) is 7.11. The van der Waals surface area contributed by atoms with Crippen LogP contribution in [-0.4, -0.2) is 37.5 Å². The Hall–Kier alpha value is -3.75. The normalized spacial score (nSPS) is 10.2. The second kappa shape index (κ2) is 13.5. The monoisotopic (exact) mass is 443 g/mol. The molecule has 0 aliphatic rings. The predicted octanol–water partition coefficient (Wildman–Crippen LogP) is 3.47. The highest BCUT2D eigenvalue weighted by atomic mass is 16.6. The maximum Gasteiger partial charge on any atom is 0.407 e. The average Bonchev–Trinajstić information content (AvgIpc) is 2.78. The van der Waals surface area contributed by atoms with Crippen molar-refractivity contribution in [2.75, 3.05) is 13.2 Å². The number of benzene rings is 2. The van der Waals surface area contributed by atoms with Gasteiger partial charge in [0.1, 0.15) is 13.2 Å². The first-order valence-electron chi connectivity index (χ1n) is 10.3. The zero-order valence-electron chi connectivity index (χ0n) is 18.3. The molecule has 0 radical (unpaired) electrons. The summed E-state index contributed by atoms with van der Waals surface area (Å²) in [6.07, 6.45) is -1.86. The van der Waals surface area contributed by atoms with Gasteiger partial charge in [-0.2, -0.15) is 0 Å². The summed E-state index contributed by atoms with van der Waals surface area (Å²) in [4.78, 5) is 35.0. The molecule has 32 heavy (non-hydrogen) atoms. The van der Waals surface area contributed by atoms with Crippen molar-refractivity contribution in [3.05, 3.63) is 71.3 Å². The van der Waals surface area contributed by atoms with Gasteiger partial charge >= 0.3 is 18.3 Å². The fourth-order valence-electron chi connectivity index (χ4n) is 2.58. The van der Waals surface area contributed by atoms with E-state index >= 15 is 0 Å². The lowest BCUT2D eigenvalue weighted by Gasteiger charge is -2.11. The van der Waals surface area contributed by atoms with Crippen molar-refractivity contribution in [2.24, 2.45) is 0 Å². The van der Waals surface area contributed by atoms with Gasteiger partial charge in [-0.25, -0.2) is 14.4 Å². The number of ether oxygens (including phenoxy) is 3. The Balaban J connectivity index is 1.59. The van der Waals surface area contributed by atoms with Crippen molar-refractivity contribution in [1.29, 1.82) is 0 Å². The Kier molecular flexibility index (Phi) is 10.4. The van der Waals surface area contributed by atoms with Gasteiger partial charge in [0.2, 0.25) is 0 Å². The Bertz CT molecular complexity index is 873. The Morgan fingerprint density at radius 2 is 1.34 bits per heavy atom. The van der Waals surface area contributed by atoms with Crippen molar-refractivity contribution in [2.45, 2.75) is 39.6 Å². The molecule has 0 atom stereocenters. The van der Waals surface area contributed by atoms with Crippen LogP contribution in [0, 0.1) is 0 Å². The molecule has 0 bridgehead atoms. The number of nitrogens with one attached hydrogen (secondary N) is 3. The molecule has 2 aromatic carbocycles. The number of alkyl carbamates (subject to hydrolysis) is 3. The van der Waals surface area contributed by atoms with E-state index in [0.29, 0.717) is 6.54 Å². The van der Waals surface area contributed by atoms with Gasteiger partial charge in [0.15, 0.2) is 0 Å². The van der Waals surface area contributed by atoms with E-state index < -0.39 is 18.3 Å². The van der Waals surface area contributed by atoms with Crippen LogP contribution in [0.15, 0.2) is 54.6 Å². The van der Waals surface area contributed by atoms with Crippen molar-refractivity contribution in [3.8, 4) is 0 Å². The molecular formula is C23H29N3O6. The number of amides is 3. The van der Waals surface area contributed by atoms with E-state index in [2.05, 4.69) is 16.0 Å². The largest absolute Gasteiger partial charge is 0.448 e. The number of rotatable bonds is 10. The first-order chi connectivity index (χ1) is 15.4. The highest BCUT2D eigenvalue weighted by molar-refractivity contribution is 5.68. The minimum absolute atomic E-state index is 0.00813. The van der Waals surface area contributed by atoms with Gasteiger partial charge in [-0.05, 0) is 30.5 Å². The summed E-state index contributed by atoms with van der Waals surface area (Å²) < 4.78 is 15.1. The standard InChI is InChI=1S/C23H29N3O6/c1-17(2)32-23(29)26-15-20-10-6-9-19(13-20)14-25-22(28)30-12-11-24-21(27)31-16-18-7-4-3-5-8-18/h3-10,13,17H,11-12,14-16H2,1-2H3,(H,24,27)(H,25,28)(H,26,29). The van der Waals surface area contributed by atoms with Crippen LogP contribution in [0.1, 0.15) is 30.5 Å². The maximum absolute atomic E-state index is 11.8. The number of hydrogen-bond acceptors (Lipinski definition) is 6. The maximum atomic E-state index is 11.8. The van der Waals surface area contributed by atoms with Crippen molar-refractivity contribution in [1.82, 2.24) is 16.0 Å². The molecule has 0 heterocycles. The fraction of sp³-hybridized carbons (Fsp3) is 0.348. The zero-order chi connectivity index (χ0) is 23.2. The minimum atomic E-state index is -0.603. The van der Waals surface area contributed by atoms with E-state index in [-0.39, 0.29) is 32.4 Å². The summed E-state index contributed by atoms with van der Waals surface area (Å²) in [5.74, 6) is 0. The van der Waals surface area contributed by atoms with Crippen LogP contribution in [-0.2, 0) is 33.9 Å². The first kappa shape index (κ1) is 24.5. The lowest BCUT2D eigenvalue weighted by Crippen LogP contribution is -2.31. The van der Waals surface area contributed by atoms with E-state index in [9.17, 15) is 14.4 Å². The summed E-state index contributed by atoms with van der Waals surface area (Å²) in [7, 11) is 0. The number of carbonyl (C=O) groups is 3. The van der Waals surface area contributed by atoms with E-state index in [1.54, 1.807) is 13.8 Å². The Morgan fingerprint density at radius 1 is 0.750 bits per heavy atom. The number of carbonyl (C=O) groups excluding carboxylic acids is 3. The van der Waals surface area contributed by atoms with Crippen LogP contribution in [0.5, 0.6) is 0 Å². The lowest BCUT2D eigenvalue weighted by molar-refractivity contribution is 0.115. The van der Waals surface area contributed by atoms with Crippen LogP contribution in [0.2, 0.25) is 0 Å². The molecule has 172 valence electrons. The molecule has 3 amide bonds. The van der Waals surface area contributed by atoms with E-state index in [1.807, 2.05) is 54.6 Å². The van der Waals surface area contributed by atoms with E-state index in [1.165, 1.54) is 0 Å². The first-order valence-corrected chi connectivity index (χ1v) is 10.3. The zero-order valence-corrected chi connectivity index (χ0v) is 18.3. The fourth-order valence-corrected chi connectivity index (χ4v) is 2.58. The van der Waals surface area contributed by atoms with Crippen LogP contribution in [0.4, 0.5) is 14.4 Å². The second-order valence-electron chi connectivity index (χ2n) is 7.11. The highest BCUT2D eigenvalue weighted by Gasteiger charge is 2.07. The molecule has 0 fully saturated rings. The van der Waals surface area contributed by atoms with Crippen molar-refractivity contribution >= 4 is 18.3 Å². The van der Waals surface area contributed by atoms with E-state index in [0.717, 1.165) is 16.7 Å². The molecule has 0 saturated heterocycles. The van der Waals surface area contributed by atoms with Crippen LogP contribution in [0.3, 0.4) is 0 Å². The molecule has 3 N–H and O–H groups in total. The molecule has 2 aromatic rings. The third-order valence-corrected chi connectivity index (χ3v) is 4.03. The van der Waals surface area contributed by atoms with Crippen LogP contribution in [0.25, 0.3) is 0 Å². The molecule has 0 aliphatic carbocycles. The molecule has 0 aliphatic heterocycles. The average molecular weight is 444 g/mol. The van der Waals surface area contributed by atoms with E-state index in [4.69, 9.17) is 14.2 Å². The summed E-state index contributed by atoms with van der Waals surface area (Å²) in [6, 6.07) is 16.7. The molecule has 9 nitrogen and oxygen atoms in total. The number of hydrogen-bond donors (Lipinski definition) is 3. The molecular weight excluding hydrogens is 414 g/mol. The Morgan fingerprint density at radius 3 is 2.00 bits per heavy atom. The third-order valence-electron chi connectivity index (χ3n) is 4.03. The van der Waals surface area contributed by atoms with Crippen LogP contribution >= 0.6 is 0 Å². The molecule has 2 rings (SSSR count). The summed E-state index contributed by atoms with van der Waals surface area (Å²) in [5.41, 5.74) is 2.60. The van der Waals surface area contributed by atoms with Crippen molar-refractivity contribution in [3.63, 3.8) is 0 Å². The van der Waals surface area contributed by atoms with Gasteiger partial charge in [0.05, 0.1) is 12.6 Å². The van der Waals surface area contributed by atoms with Crippen molar-refractivity contribution < 1.29 is 28.6 Å². The molecule has 0 unspecified atom stereocenters. The van der Waals surface area contributed by atoms with Gasteiger partial charge in [0, 0.05) is 13.1 Å². The Labute approximate surface area is 187 Å². The topological polar surface area (TPSA) is 115 Å². The van der Waals surface area contributed by atoms with Gasteiger partial charge in [-0.3, -0.25) is 0 Å². The smallest absolute Gasteiger partial charge is 0.407 e. The predicted molar refractivity (Wildman–Crippen MR) is 118 cm³/mol. The third kappa shape index (κ3) is 10.3. The van der Waals surface area contributed by atoms with Crippen LogP contribution < -0.4 is 16.0 Å². The molecule has 0 aromatic heterocycles. The minimum Gasteiger partial charge on any atom is -0.448 e. The molecule has 0 saturated carbocycles. The lowest BCUT2D eigenvalue weighted by atomic mass is 10.1. The SMILES string of the molecule is CC(C)OC(=O)NCc1cccc(CNC(=O)OCCNC(=O)OCc2ccccc2)c1. The molecule has 0 spiro atoms. The summed E-state index contributed by atoms with van der Waals surface area (Å²) >= 11 is 0. The van der Waals surface area contributed by atoms with Gasteiger partial charge in [0.25, 0.3) is 0 Å². The van der Waals surface area contributed by atoms with Gasteiger partial charge in [-0.15, -0.1) is 0 Å².